The Bertz CT molecular complexity index is 233. The van der Waals surface area contributed by atoms with Crippen molar-refractivity contribution in [3.63, 3.8) is 0 Å². The first-order valence-electron chi connectivity index (χ1n) is 4.00. The molecule has 1 rings (SSSR count). The molecule has 3 heteroatoms. The van der Waals surface area contributed by atoms with E-state index >= 15 is 0 Å². The molecule has 0 saturated heterocycles. The van der Waals surface area contributed by atoms with Gasteiger partial charge in [-0.05, 0) is 31.5 Å². The summed E-state index contributed by atoms with van der Waals surface area (Å²) in [5.41, 5.74) is 6.75. The van der Waals surface area contributed by atoms with Gasteiger partial charge in [0.1, 0.15) is 6.17 Å². The molecule has 1 aromatic heterocycles. The van der Waals surface area contributed by atoms with E-state index in [1.807, 2.05) is 13.0 Å². The monoisotopic (exact) mass is 168 g/mol. The normalized spacial score (nSPS) is 12.9. The second-order valence-electron chi connectivity index (χ2n) is 2.81. The van der Waals surface area contributed by atoms with Crippen LogP contribution in [-0.2, 0) is 0 Å². The number of aryl methyl sites for hydroxylation is 1. The first kappa shape index (κ1) is 9.13. The lowest BCUT2D eigenvalue weighted by Crippen LogP contribution is -2.04. The lowest BCUT2D eigenvalue weighted by molar-refractivity contribution is 0.320. The second-order valence-corrected chi connectivity index (χ2v) is 2.81. The molecule has 0 bridgehead atoms. The summed E-state index contributed by atoms with van der Waals surface area (Å²) in [7, 11) is 0. The fourth-order valence-corrected chi connectivity index (χ4v) is 0.959. The van der Waals surface area contributed by atoms with Crippen LogP contribution in [0.4, 0.5) is 4.39 Å². The number of hydrogen-bond donors (Lipinski definition) is 1. The van der Waals surface area contributed by atoms with Crippen LogP contribution in [0.15, 0.2) is 18.3 Å². The average Bonchev–Trinajstić information content (AvgIpc) is 2.06. The summed E-state index contributed by atoms with van der Waals surface area (Å²) in [5.74, 6) is 0. The summed E-state index contributed by atoms with van der Waals surface area (Å²) in [6, 6.07) is 3.56. The number of nitrogens with two attached hydrogens (primary N) is 1. The van der Waals surface area contributed by atoms with Crippen LogP contribution in [0.3, 0.4) is 0 Å². The van der Waals surface area contributed by atoms with Gasteiger partial charge in [-0.25, -0.2) is 4.39 Å². The minimum Gasteiger partial charge on any atom is -0.330 e. The summed E-state index contributed by atoms with van der Waals surface area (Å²) >= 11 is 0. The molecule has 0 saturated carbocycles. The van der Waals surface area contributed by atoms with Crippen LogP contribution in [-0.4, -0.2) is 11.5 Å². The molecule has 0 aliphatic heterocycles. The number of halogens is 1. The SMILES string of the molecule is Cc1ccc(C(F)CCN)nc1. The first-order chi connectivity index (χ1) is 5.74. The van der Waals surface area contributed by atoms with E-state index in [2.05, 4.69) is 4.98 Å². The molecule has 1 aromatic rings. The molecule has 0 radical (unpaired) electrons. The maximum absolute atomic E-state index is 13.1. The Morgan fingerprint density at radius 2 is 2.33 bits per heavy atom. The Morgan fingerprint density at radius 3 is 2.83 bits per heavy atom. The number of aromatic nitrogens is 1. The third-order valence-corrected chi connectivity index (χ3v) is 1.68. The largest absolute Gasteiger partial charge is 0.330 e. The smallest absolute Gasteiger partial charge is 0.143 e. The maximum Gasteiger partial charge on any atom is 0.143 e. The van der Waals surface area contributed by atoms with Gasteiger partial charge in [0, 0.05) is 6.20 Å². The van der Waals surface area contributed by atoms with Gasteiger partial charge in [-0.15, -0.1) is 0 Å². The lowest BCUT2D eigenvalue weighted by Gasteiger charge is -2.05. The summed E-state index contributed by atoms with van der Waals surface area (Å²) in [4.78, 5) is 3.97. The molecule has 0 aliphatic carbocycles. The summed E-state index contributed by atoms with van der Waals surface area (Å²) in [6.45, 7) is 2.28. The van der Waals surface area contributed by atoms with Crippen molar-refractivity contribution >= 4 is 0 Å². The van der Waals surface area contributed by atoms with Gasteiger partial charge in [0.25, 0.3) is 0 Å². The molecule has 0 amide bonds. The Hall–Kier alpha value is -0.960. The van der Waals surface area contributed by atoms with Crippen molar-refractivity contribution in [2.24, 2.45) is 5.73 Å². The molecule has 12 heavy (non-hydrogen) atoms. The Labute approximate surface area is 71.6 Å². The standard InChI is InChI=1S/C9H13FN2/c1-7-2-3-9(12-6-7)8(10)4-5-11/h2-3,6,8H,4-5,11H2,1H3. The zero-order valence-corrected chi connectivity index (χ0v) is 7.13. The van der Waals surface area contributed by atoms with Gasteiger partial charge < -0.3 is 5.73 Å². The molecule has 0 aromatic carbocycles. The van der Waals surface area contributed by atoms with Gasteiger partial charge in [0.05, 0.1) is 5.69 Å². The predicted octanol–water partition coefficient (Wildman–Crippen LogP) is 1.75. The van der Waals surface area contributed by atoms with Crippen molar-refractivity contribution in [1.82, 2.24) is 4.98 Å². The van der Waals surface area contributed by atoms with E-state index in [0.717, 1.165) is 5.56 Å². The van der Waals surface area contributed by atoms with Gasteiger partial charge in [0.15, 0.2) is 0 Å². The number of alkyl halides is 1. The lowest BCUT2D eigenvalue weighted by atomic mass is 10.2. The molecular weight excluding hydrogens is 155 g/mol. The molecule has 0 spiro atoms. The number of pyridine rings is 1. The molecule has 1 atom stereocenters. The van der Waals surface area contributed by atoms with Gasteiger partial charge in [0.2, 0.25) is 0 Å². The van der Waals surface area contributed by atoms with Crippen molar-refractivity contribution in [1.29, 1.82) is 0 Å². The third kappa shape index (κ3) is 2.27. The highest BCUT2D eigenvalue weighted by Gasteiger charge is 2.08. The van der Waals surface area contributed by atoms with E-state index in [9.17, 15) is 4.39 Å². The van der Waals surface area contributed by atoms with Gasteiger partial charge >= 0.3 is 0 Å². The van der Waals surface area contributed by atoms with E-state index in [0.29, 0.717) is 18.7 Å². The van der Waals surface area contributed by atoms with Crippen LogP contribution in [0.2, 0.25) is 0 Å². The van der Waals surface area contributed by atoms with E-state index in [1.54, 1.807) is 12.3 Å². The maximum atomic E-state index is 13.1. The third-order valence-electron chi connectivity index (χ3n) is 1.68. The van der Waals surface area contributed by atoms with Gasteiger partial charge in [-0.1, -0.05) is 6.07 Å². The fourth-order valence-electron chi connectivity index (χ4n) is 0.959. The minimum atomic E-state index is -1.02. The average molecular weight is 168 g/mol. The fraction of sp³-hybridized carbons (Fsp3) is 0.444. The molecule has 0 fully saturated rings. The number of hydrogen-bond acceptors (Lipinski definition) is 2. The van der Waals surface area contributed by atoms with Crippen LogP contribution in [0, 0.1) is 6.92 Å². The minimum absolute atomic E-state index is 0.343. The van der Waals surface area contributed by atoms with E-state index < -0.39 is 6.17 Å². The first-order valence-corrected chi connectivity index (χ1v) is 4.00. The van der Waals surface area contributed by atoms with Crippen LogP contribution >= 0.6 is 0 Å². The van der Waals surface area contributed by atoms with Crippen LogP contribution in [0.1, 0.15) is 23.8 Å². The summed E-state index contributed by atoms with van der Waals surface area (Å²) < 4.78 is 13.1. The van der Waals surface area contributed by atoms with Crippen LogP contribution in [0.25, 0.3) is 0 Å². The molecule has 1 heterocycles. The van der Waals surface area contributed by atoms with Crippen molar-refractivity contribution in [3.05, 3.63) is 29.6 Å². The molecule has 0 aliphatic rings. The highest BCUT2D eigenvalue weighted by molar-refractivity contribution is 5.13. The summed E-state index contributed by atoms with van der Waals surface area (Å²) in [5, 5.41) is 0. The van der Waals surface area contributed by atoms with Crippen molar-refractivity contribution in [2.45, 2.75) is 19.5 Å². The zero-order valence-electron chi connectivity index (χ0n) is 7.13. The molecular formula is C9H13FN2. The van der Waals surface area contributed by atoms with Gasteiger partial charge in [-0.3, -0.25) is 4.98 Å². The highest BCUT2D eigenvalue weighted by Crippen LogP contribution is 2.17. The number of nitrogens with zero attached hydrogens (tertiary/aromatic N) is 1. The Kier molecular flexibility index (Phi) is 3.17. The van der Waals surface area contributed by atoms with Crippen LogP contribution < -0.4 is 5.73 Å². The van der Waals surface area contributed by atoms with E-state index in [1.165, 1.54) is 0 Å². The zero-order chi connectivity index (χ0) is 8.97. The van der Waals surface area contributed by atoms with E-state index in [-0.39, 0.29) is 0 Å². The van der Waals surface area contributed by atoms with Crippen molar-refractivity contribution in [3.8, 4) is 0 Å². The van der Waals surface area contributed by atoms with E-state index in [4.69, 9.17) is 5.73 Å². The summed E-state index contributed by atoms with van der Waals surface area (Å²) in [6.07, 6.45) is 0.990. The molecule has 66 valence electrons. The number of rotatable bonds is 3. The second kappa shape index (κ2) is 4.16. The van der Waals surface area contributed by atoms with Gasteiger partial charge in [-0.2, -0.15) is 0 Å². The Morgan fingerprint density at radius 1 is 1.58 bits per heavy atom. The van der Waals surface area contributed by atoms with Crippen molar-refractivity contribution < 1.29 is 4.39 Å². The molecule has 2 nitrogen and oxygen atoms in total. The highest BCUT2D eigenvalue weighted by atomic mass is 19.1. The van der Waals surface area contributed by atoms with Crippen LogP contribution in [0.5, 0.6) is 0 Å². The quantitative estimate of drug-likeness (QED) is 0.746. The predicted molar refractivity (Wildman–Crippen MR) is 46.5 cm³/mol. The molecule has 1 unspecified atom stereocenters. The Balaban J connectivity index is 2.68. The molecule has 2 N–H and O–H groups in total. The topological polar surface area (TPSA) is 38.9 Å². The van der Waals surface area contributed by atoms with Crippen molar-refractivity contribution in [2.75, 3.05) is 6.54 Å².